The molecule has 5 heteroatoms. The summed E-state index contributed by atoms with van der Waals surface area (Å²) in [4.78, 5) is 7.94. The Kier molecular flexibility index (Phi) is 4.65. The fraction of sp³-hybridized carbons (Fsp3) is 0.556. The summed E-state index contributed by atoms with van der Waals surface area (Å²) >= 11 is 3.36. The first-order valence-corrected chi connectivity index (χ1v) is 5.55. The highest BCUT2D eigenvalue weighted by molar-refractivity contribution is 9.10. The van der Waals surface area contributed by atoms with Crippen LogP contribution in [0.4, 0.5) is 11.8 Å². The number of nitrogens with one attached hydrogen (secondary N) is 1. The Morgan fingerprint density at radius 3 is 3.00 bits per heavy atom. The molecule has 0 spiro atoms. The van der Waals surface area contributed by atoms with Crippen molar-refractivity contribution in [2.24, 2.45) is 0 Å². The van der Waals surface area contributed by atoms with Crippen LogP contribution in [0.2, 0.25) is 0 Å². The summed E-state index contributed by atoms with van der Waals surface area (Å²) in [6.07, 6.45) is 5.25. The Hall–Kier alpha value is -0.840. The lowest BCUT2D eigenvalue weighted by Crippen LogP contribution is -2.06. The van der Waals surface area contributed by atoms with Crippen molar-refractivity contribution < 1.29 is 0 Å². The number of halogens is 1. The molecule has 1 heterocycles. The van der Waals surface area contributed by atoms with E-state index < -0.39 is 0 Å². The minimum atomic E-state index is 0.297. The Balaban J connectivity index is 2.45. The number of unbranched alkanes of at least 4 members (excludes halogenated alkanes) is 2. The molecule has 0 saturated heterocycles. The maximum Gasteiger partial charge on any atom is 0.221 e. The van der Waals surface area contributed by atoms with Crippen LogP contribution >= 0.6 is 15.9 Å². The minimum absolute atomic E-state index is 0.297. The third kappa shape index (κ3) is 3.49. The second kappa shape index (κ2) is 5.80. The van der Waals surface area contributed by atoms with Crippen LogP contribution in [0, 0.1) is 0 Å². The maximum atomic E-state index is 5.47. The van der Waals surface area contributed by atoms with Crippen molar-refractivity contribution >= 4 is 27.7 Å². The summed E-state index contributed by atoms with van der Waals surface area (Å²) in [6.45, 7) is 3.10. The first-order chi connectivity index (χ1) is 6.74. The number of nitrogens with two attached hydrogens (primary N) is 1. The highest BCUT2D eigenvalue weighted by Gasteiger charge is 2.01. The lowest BCUT2D eigenvalue weighted by Gasteiger charge is -2.06. The molecule has 1 aromatic rings. The molecule has 3 N–H and O–H groups in total. The second-order valence-electron chi connectivity index (χ2n) is 3.06. The molecule has 0 atom stereocenters. The van der Waals surface area contributed by atoms with Crippen molar-refractivity contribution in [1.29, 1.82) is 0 Å². The van der Waals surface area contributed by atoms with Crippen LogP contribution in [0.3, 0.4) is 0 Å². The van der Waals surface area contributed by atoms with Gasteiger partial charge in [0.2, 0.25) is 5.95 Å². The molecule has 0 amide bonds. The fourth-order valence-corrected chi connectivity index (χ4v) is 1.42. The zero-order chi connectivity index (χ0) is 10.4. The quantitative estimate of drug-likeness (QED) is 0.797. The molecule has 0 fully saturated rings. The fourth-order valence-electron chi connectivity index (χ4n) is 1.09. The first kappa shape index (κ1) is 11.2. The Bertz CT molecular complexity index is 290. The molecule has 78 valence electrons. The molecule has 1 rings (SSSR count). The number of rotatable bonds is 5. The number of aromatic nitrogens is 2. The van der Waals surface area contributed by atoms with Crippen LogP contribution in [0.1, 0.15) is 26.2 Å². The normalized spacial score (nSPS) is 10.1. The summed E-state index contributed by atoms with van der Waals surface area (Å²) in [5.41, 5.74) is 5.47. The topological polar surface area (TPSA) is 63.8 Å². The van der Waals surface area contributed by atoms with Gasteiger partial charge in [-0.15, -0.1) is 0 Å². The van der Waals surface area contributed by atoms with E-state index in [2.05, 4.69) is 38.1 Å². The van der Waals surface area contributed by atoms with Gasteiger partial charge in [0.05, 0.1) is 4.47 Å². The van der Waals surface area contributed by atoms with Gasteiger partial charge in [-0.3, -0.25) is 0 Å². The highest BCUT2D eigenvalue weighted by Crippen LogP contribution is 2.18. The second-order valence-corrected chi connectivity index (χ2v) is 3.91. The predicted octanol–water partition coefficient (Wildman–Crippen LogP) is 2.42. The number of nitrogen functional groups attached to an aromatic ring is 1. The van der Waals surface area contributed by atoms with E-state index in [-0.39, 0.29) is 0 Å². The van der Waals surface area contributed by atoms with E-state index in [4.69, 9.17) is 5.73 Å². The molecule has 4 nitrogen and oxygen atoms in total. The van der Waals surface area contributed by atoms with Crippen LogP contribution < -0.4 is 11.1 Å². The molecule has 14 heavy (non-hydrogen) atoms. The Morgan fingerprint density at radius 2 is 2.29 bits per heavy atom. The summed E-state index contributed by atoms with van der Waals surface area (Å²) in [5, 5.41) is 3.21. The Labute approximate surface area is 92.5 Å². The molecule has 1 aromatic heterocycles. The molecule has 0 aliphatic heterocycles. The van der Waals surface area contributed by atoms with Crippen molar-refractivity contribution in [3.63, 3.8) is 0 Å². The molecular weight excluding hydrogens is 244 g/mol. The average molecular weight is 259 g/mol. The van der Waals surface area contributed by atoms with Crippen molar-refractivity contribution in [2.75, 3.05) is 17.6 Å². The van der Waals surface area contributed by atoms with Gasteiger partial charge in [-0.2, -0.15) is 4.98 Å². The van der Waals surface area contributed by atoms with Gasteiger partial charge in [-0.1, -0.05) is 19.8 Å². The molecule has 0 saturated carbocycles. The van der Waals surface area contributed by atoms with Gasteiger partial charge in [-0.25, -0.2) is 4.98 Å². The third-order valence-electron chi connectivity index (χ3n) is 1.84. The average Bonchev–Trinajstić information content (AvgIpc) is 2.18. The van der Waals surface area contributed by atoms with E-state index in [1.165, 1.54) is 12.8 Å². The van der Waals surface area contributed by atoms with Gasteiger partial charge in [-0.05, 0) is 22.4 Å². The van der Waals surface area contributed by atoms with E-state index >= 15 is 0 Å². The monoisotopic (exact) mass is 258 g/mol. The Morgan fingerprint density at radius 1 is 1.50 bits per heavy atom. The number of hydrogen-bond donors (Lipinski definition) is 2. The van der Waals surface area contributed by atoms with E-state index in [1.807, 2.05) is 0 Å². The lowest BCUT2D eigenvalue weighted by molar-refractivity contribution is 0.742. The van der Waals surface area contributed by atoms with Crippen molar-refractivity contribution in [1.82, 2.24) is 9.97 Å². The summed E-state index contributed by atoms with van der Waals surface area (Å²) in [7, 11) is 0. The third-order valence-corrected chi connectivity index (χ3v) is 2.42. The van der Waals surface area contributed by atoms with Crippen LogP contribution in [0.15, 0.2) is 10.7 Å². The van der Waals surface area contributed by atoms with Crippen LogP contribution in [0.5, 0.6) is 0 Å². The molecular formula is C9H15BrN4. The van der Waals surface area contributed by atoms with Crippen molar-refractivity contribution in [3.05, 3.63) is 10.7 Å². The van der Waals surface area contributed by atoms with Gasteiger partial charge in [0.25, 0.3) is 0 Å². The minimum Gasteiger partial charge on any atom is -0.369 e. The summed E-state index contributed by atoms with van der Waals surface area (Å²) in [5.74, 6) is 1.07. The SMILES string of the molecule is CCCCCNc1nc(N)ncc1Br. The predicted molar refractivity (Wildman–Crippen MR) is 62.2 cm³/mol. The largest absolute Gasteiger partial charge is 0.369 e. The zero-order valence-corrected chi connectivity index (χ0v) is 9.84. The first-order valence-electron chi connectivity index (χ1n) is 4.76. The van der Waals surface area contributed by atoms with Gasteiger partial charge in [0, 0.05) is 12.7 Å². The lowest BCUT2D eigenvalue weighted by atomic mass is 10.2. The zero-order valence-electron chi connectivity index (χ0n) is 8.26. The van der Waals surface area contributed by atoms with E-state index in [0.717, 1.165) is 23.3 Å². The van der Waals surface area contributed by atoms with Gasteiger partial charge >= 0.3 is 0 Å². The number of hydrogen-bond acceptors (Lipinski definition) is 4. The number of anilines is 2. The maximum absolute atomic E-state index is 5.47. The molecule has 0 bridgehead atoms. The van der Waals surface area contributed by atoms with Gasteiger partial charge in [0.1, 0.15) is 5.82 Å². The van der Waals surface area contributed by atoms with Crippen molar-refractivity contribution in [2.45, 2.75) is 26.2 Å². The van der Waals surface area contributed by atoms with E-state index in [1.54, 1.807) is 6.20 Å². The van der Waals surface area contributed by atoms with Crippen LogP contribution in [0.25, 0.3) is 0 Å². The van der Waals surface area contributed by atoms with Crippen LogP contribution in [-0.2, 0) is 0 Å². The van der Waals surface area contributed by atoms with Crippen LogP contribution in [-0.4, -0.2) is 16.5 Å². The smallest absolute Gasteiger partial charge is 0.221 e. The summed E-state index contributed by atoms with van der Waals surface area (Å²) < 4.78 is 0.850. The standard InChI is InChI=1S/C9H15BrN4/c1-2-3-4-5-12-8-7(10)6-13-9(11)14-8/h6H,2-5H2,1H3,(H3,11,12,13,14). The molecule has 0 aliphatic rings. The molecule has 0 aliphatic carbocycles. The van der Waals surface area contributed by atoms with Gasteiger partial charge in [0.15, 0.2) is 0 Å². The van der Waals surface area contributed by atoms with Crippen molar-refractivity contribution in [3.8, 4) is 0 Å². The number of nitrogens with zero attached hydrogens (tertiary/aromatic N) is 2. The van der Waals surface area contributed by atoms with E-state index in [9.17, 15) is 0 Å². The molecule has 0 aromatic carbocycles. The van der Waals surface area contributed by atoms with E-state index in [0.29, 0.717) is 5.95 Å². The molecule has 0 unspecified atom stereocenters. The highest BCUT2D eigenvalue weighted by atomic mass is 79.9. The molecule has 0 radical (unpaired) electrons. The van der Waals surface area contributed by atoms with Gasteiger partial charge < -0.3 is 11.1 Å². The summed E-state index contributed by atoms with van der Waals surface area (Å²) in [6, 6.07) is 0.